The van der Waals surface area contributed by atoms with Crippen LogP contribution in [0.2, 0.25) is 0 Å². The Morgan fingerprint density at radius 3 is 2.22 bits per heavy atom. The van der Waals surface area contributed by atoms with Gasteiger partial charge in [0, 0.05) is 44.8 Å². The predicted molar refractivity (Wildman–Crippen MR) is 137 cm³/mol. The van der Waals surface area contributed by atoms with Crippen LogP contribution in [0.4, 0.5) is 0 Å². The molecule has 3 rings (SSSR count). The molecule has 1 aliphatic heterocycles. The van der Waals surface area contributed by atoms with Crippen molar-refractivity contribution in [3.05, 3.63) is 72.3 Å². The summed E-state index contributed by atoms with van der Waals surface area (Å²) >= 11 is 0. The number of rotatable bonds is 12. The molecule has 0 amide bonds. The normalized spacial score (nSPS) is 13.8. The van der Waals surface area contributed by atoms with E-state index in [0.717, 1.165) is 69.4 Å². The number of nitrogens with zero attached hydrogens (tertiary/aromatic N) is 2. The SMILES string of the molecule is C=CCc1cc(OC)ccc1OCCOCCN1CCN(Cc2ccccc2)CC1.O=C(O)C(=O)O. The van der Waals surface area contributed by atoms with E-state index >= 15 is 0 Å². The third-order valence-electron chi connectivity index (χ3n) is 5.57. The Kier molecular flexibility index (Phi) is 13.1. The van der Waals surface area contributed by atoms with Crippen LogP contribution in [-0.4, -0.2) is 91.6 Å². The second-order valence-corrected chi connectivity index (χ2v) is 8.14. The first-order chi connectivity index (χ1) is 17.4. The number of allylic oxidation sites excluding steroid dienone is 1. The highest BCUT2D eigenvalue weighted by Crippen LogP contribution is 2.24. The van der Waals surface area contributed by atoms with Crippen molar-refractivity contribution in [2.24, 2.45) is 0 Å². The summed E-state index contributed by atoms with van der Waals surface area (Å²) in [5.74, 6) is -1.95. The van der Waals surface area contributed by atoms with Gasteiger partial charge in [-0.3, -0.25) is 9.80 Å². The summed E-state index contributed by atoms with van der Waals surface area (Å²) in [5.41, 5.74) is 2.47. The molecule has 0 aliphatic carbocycles. The van der Waals surface area contributed by atoms with Gasteiger partial charge in [-0.05, 0) is 30.2 Å². The van der Waals surface area contributed by atoms with Crippen LogP contribution in [0.15, 0.2) is 61.2 Å². The minimum absolute atomic E-state index is 0.543. The average molecular weight is 501 g/mol. The minimum atomic E-state index is -1.82. The first-order valence-corrected chi connectivity index (χ1v) is 11.9. The van der Waals surface area contributed by atoms with E-state index in [-0.39, 0.29) is 0 Å². The quantitative estimate of drug-likeness (QED) is 0.258. The van der Waals surface area contributed by atoms with Gasteiger partial charge < -0.3 is 24.4 Å². The Labute approximate surface area is 212 Å². The Morgan fingerprint density at radius 1 is 0.944 bits per heavy atom. The third-order valence-corrected chi connectivity index (χ3v) is 5.57. The number of hydrogen-bond donors (Lipinski definition) is 2. The maximum Gasteiger partial charge on any atom is 0.414 e. The summed E-state index contributed by atoms with van der Waals surface area (Å²) in [4.78, 5) is 23.2. The van der Waals surface area contributed by atoms with Gasteiger partial charge in [-0.25, -0.2) is 9.59 Å². The number of carbonyl (C=O) groups is 2. The molecule has 0 bridgehead atoms. The molecule has 2 aromatic carbocycles. The smallest absolute Gasteiger partial charge is 0.414 e. The Balaban J connectivity index is 0.000000678. The van der Waals surface area contributed by atoms with Crippen LogP contribution >= 0.6 is 0 Å². The number of carboxylic acid groups (broad SMARTS) is 2. The molecule has 2 aromatic rings. The Hall–Kier alpha value is -3.40. The van der Waals surface area contributed by atoms with Gasteiger partial charge in [0.2, 0.25) is 0 Å². The third kappa shape index (κ3) is 10.9. The monoisotopic (exact) mass is 500 g/mol. The molecule has 0 atom stereocenters. The van der Waals surface area contributed by atoms with Crippen LogP contribution in [-0.2, 0) is 27.3 Å². The van der Waals surface area contributed by atoms with E-state index in [1.807, 2.05) is 24.3 Å². The molecule has 1 aliphatic rings. The lowest BCUT2D eigenvalue weighted by molar-refractivity contribution is -0.159. The van der Waals surface area contributed by atoms with Crippen molar-refractivity contribution in [1.82, 2.24) is 9.80 Å². The van der Waals surface area contributed by atoms with E-state index in [4.69, 9.17) is 34.0 Å². The minimum Gasteiger partial charge on any atom is -0.497 e. The van der Waals surface area contributed by atoms with E-state index in [1.165, 1.54) is 5.56 Å². The standard InChI is InChI=1S/C25H34N2O3.C2H2O4/c1-3-7-23-20-24(28-2)10-11-25(23)30-19-18-29-17-16-26-12-14-27(15-13-26)21-22-8-5-4-6-9-22;3-1(4)2(5)6/h3-6,8-11,20H,1,7,12-19,21H2,2H3;(H,3,4)(H,5,6). The van der Waals surface area contributed by atoms with E-state index in [9.17, 15) is 0 Å². The summed E-state index contributed by atoms with van der Waals surface area (Å²) in [6.45, 7) is 12.1. The Morgan fingerprint density at radius 2 is 1.61 bits per heavy atom. The molecule has 0 aromatic heterocycles. The number of benzene rings is 2. The van der Waals surface area contributed by atoms with Crippen LogP contribution in [0.1, 0.15) is 11.1 Å². The van der Waals surface area contributed by atoms with Gasteiger partial charge in [0.05, 0.1) is 20.3 Å². The number of methoxy groups -OCH3 is 1. The Bertz CT molecular complexity index is 932. The van der Waals surface area contributed by atoms with E-state index in [0.29, 0.717) is 13.2 Å². The number of hydrogen-bond acceptors (Lipinski definition) is 7. The molecule has 9 nitrogen and oxygen atoms in total. The molecule has 2 N–H and O–H groups in total. The highest BCUT2D eigenvalue weighted by molar-refractivity contribution is 6.27. The summed E-state index contributed by atoms with van der Waals surface area (Å²) in [6.07, 6.45) is 2.63. The molecule has 36 heavy (non-hydrogen) atoms. The van der Waals surface area contributed by atoms with E-state index in [1.54, 1.807) is 7.11 Å². The maximum absolute atomic E-state index is 9.10. The fraction of sp³-hybridized carbons (Fsp3) is 0.407. The highest BCUT2D eigenvalue weighted by Gasteiger charge is 2.16. The molecule has 0 spiro atoms. The number of aliphatic carboxylic acids is 2. The van der Waals surface area contributed by atoms with Gasteiger partial charge >= 0.3 is 11.9 Å². The molecule has 0 radical (unpaired) electrons. The lowest BCUT2D eigenvalue weighted by Crippen LogP contribution is -2.46. The van der Waals surface area contributed by atoms with Gasteiger partial charge in [0.25, 0.3) is 0 Å². The van der Waals surface area contributed by atoms with Crippen molar-refractivity contribution in [3.63, 3.8) is 0 Å². The molecule has 1 saturated heterocycles. The van der Waals surface area contributed by atoms with Gasteiger partial charge in [-0.2, -0.15) is 0 Å². The molecular weight excluding hydrogens is 464 g/mol. The van der Waals surface area contributed by atoms with Crippen molar-refractivity contribution in [2.45, 2.75) is 13.0 Å². The second-order valence-electron chi connectivity index (χ2n) is 8.14. The predicted octanol–water partition coefficient (Wildman–Crippen LogP) is 2.79. The lowest BCUT2D eigenvalue weighted by Gasteiger charge is -2.34. The average Bonchev–Trinajstić information content (AvgIpc) is 2.89. The number of piperazine rings is 1. The van der Waals surface area contributed by atoms with Crippen molar-refractivity contribution in [2.75, 3.05) is 59.7 Å². The molecular formula is C27H36N2O7. The molecule has 9 heteroatoms. The van der Waals surface area contributed by atoms with Gasteiger partial charge in [0.15, 0.2) is 0 Å². The van der Waals surface area contributed by atoms with Crippen molar-refractivity contribution in [3.8, 4) is 11.5 Å². The first-order valence-electron chi connectivity index (χ1n) is 11.9. The first kappa shape index (κ1) is 28.8. The zero-order valence-corrected chi connectivity index (χ0v) is 20.8. The number of carboxylic acids is 2. The van der Waals surface area contributed by atoms with Crippen molar-refractivity contribution in [1.29, 1.82) is 0 Å². The number of ether oxygens (including phenoxy) is 3. The zero-order valence-electron chi connectivity index (χ0n) is 20.8. The zero-order chi connectivity index (χ0) is 26.2. The summed E-state index contributed by atoms with van der Waals surface area (Å²) < 4.78 is 17.0. The van der Waals surface area contributed by atoms with Crippen molar-refractivity contribution >= 4 is 11.9 Å². The van der Waals surface area contributed by atoms with Crippen molar-refractivity contribution < 1.29 is 34.0 Å². The molecule has 1 fully saturated rings. The van der Waals surface area contributed by atoms with Crippen LogP contribution in [0, 0.1) is 0 Å². The lowest BCUT2D eigenvalue weighted by atomic mass is 10.1. The van der Waals surface area contributed by atoms with Crippen LogP contribution in [0.5, 0.6) is 11.5 Å². The van der Waals surface area contributed by atoms with Crippen LogP contribution in [0.3, 0.4) is 0 Å². The fourth-order valence-electron chi connectivity index (χ4n) is 3.66. The molecule has 196 valence electrons. The van der Waals surface area contributed by atoms with Crippen LogP contribution in [0.25, 0.3) is 0 Å². The van der Waals surface area contributed by atoms with E-state index < -0.39 is 11.9 Å². The summed E-state index contributed by atoms with van der Waals surface area (Å²) in [6, 6.07) is 16.6. The summed E-state index contributed by atoms with van der Waals surface area (Å²) in [5, 5.41) is 14.8. The maximum atomic E-state index is 9.10. The van der Waals surface area contributed by atoms with Gasteiger partial charge in [-0.15, -0.1) is 6.58 Å². The van der Waals surface area contributed by atoms with Gasteiger partial charge in [0.1, 0.15) is 18.1 Å². The van der Waals surface area contributed by atoms with Gasteiger partial charge in [-0.1, -0.05) is 36.4 Å². The molecule has 0 unspecified atom stereocenters. The second kappa shape index (κ2) is 16.3. The largest absolute Gasteiger partial charge is 0.497 e. The summed E-state index contributed by atoms with van der Waals surface area (Å²) in [7, 11) is 1.67. The van der Waals surface area contributed by atoms with Crippen LogP contribution < -0.4 is 9.47 Å². The highest BCUT2D eigenvalue weighted by atomic mass is 16.5. The topological polar surface area (TPSA) is 109 Å². The fourth-order valence-corrected chi connectivity index (χ4v) is 3.66. The molecule has 1 heterocycles. The molecule has 0 saturated carbocycles. The van der Waals surface area contributed by atoms with E-state index in [2.05, 4.69) is 46.7 Å².